The molecule has 2 aliphatic heterocycles. The number of carboxylic acids is 1. The Morgan fingerprint density at radius 3 is 2.63 bits per heavy atom. The van der Waals surface area contributed by atoms with Crippen molar-refractivity contribution in [2.75, 3.05) is 31.6 Å². The van der Waals surface area contributed by atoms with E-state index in [1.807, 2.05) is 4.90 Å². The maximum Gasteiger partial charge on any atom is 0.411 e. The Morgan fingerprint density at radius 2 is 2.00 bits per heavy atom. The molecule has 11 heteroatoms. The first-order valence-electron chi connectivity index (χ1n) is 11.8. The number of halogens is 2. The Morgan fingerprint density at radius 1 is 1.26 bits per heavy atom. The van der Waals surface area contributed by atoms with Gasteiger partial charge in [-0.3, -0.25) is 4.79 Å². The number of alkyl halides is 1. The topological polar surface area (TPSA) is 101 Å². The number of hydrogen-bond donors (Lipinski definition) is 1. The van der Waals surface area contributed by atoms with E-state index in [4.69, 9.17) is 21.1 Å². The number of aromatic nitrogens is 1. The number of amides is 1. The molecule has 0 radical (unpaired) electrons. The number of nitrogens with zero attached hydrogens (tertiary/aromatic N) is 3. The number of anilines is 1. The van der Waals surface area contributed by atoms with Crippen LogP contribution >= 0.6 is 11.6 Å². The number of ether oxygens (including phenoxy) is 2. The molecule has 1 unspecified atom stereocenters. The normalized spacial score (nSPS) is 22.7. The van der Waals surface area contributed by atoms with Crippen molar-refractivity contribution in [1.29, 1.82) is 0 Å². The number of rotatable bonds is 5. The van der Waals surface area contributed by atoms with Gasteiger partial charge in [0.15, 0.2) is 17.1 Å². The molecule has 3 aliphatic rings. The van der Waals surface area contributed by atoms with Crippen molar-refractivity contribution in [2.24, 2.45) is 5.92 Å². The molecule has 9 nitrogen and oxygen atoms in total. The molecule has 35 heavy (non-hydrogen) atoms. The van der Waals surface area contributed by atoms with Gasteiger partial charge in [0, 0.05) is 31.9 Å². The molecular weight excluding hydrogens is 481 g/mol. The van der Waals surface area contributed by atoms with Gasteiger partial charge in [0.1, 0.15) is 11.3 Å². The summed E-state index contributed by atoms with van der Waals surface area (Å²) in [6.07, 6.45) is 4.20. The lowest BCUT2D eigenvalue weighted by atomic mass is 9.92. The molecule has 1 aromatic heterocycles. The molecule has 1 aromatic carbocycles. The molecule has 1 saturated carbocycles. The van der Waals surface area contributed by atoms with Gasteiger partial charge in [0.05, 0.1) is 24.1 Å². The van der Waals surface area contributed by atoms with Crippen LogP contribution in [0.2, 0.25) is 0 Å². The minimum atomic E-state index is -1.35. The number of fused-ring (bicyclic) bond motifs is 2. The van der Waals surface area contributed by atoms with Crippen LogP contribution in [0.5, 0.6) is 5.75 Å². The second kappa shape index (κ2) is 8.89. The van der Waals surface area contributed by atoms with Crippen LogP contribution in [-0.4, -0.2) is 65.0 Å². The van der Waals surface area contributed by atoms with E-state index in [9.17, 15) is 19.5 Å². The average Bonchev–Trinajstić information content (AvgIpc) is 3.55. The van der Waals surface area contributed by atoms with Gasteiger partial charge in [-0.25, -0.2) is 14.0 Å². The van der Waals surface area contributed by atoms with Crippen LogP contribution in [0, 0.1) is 11.7 Å². The predicted octanol–water partition coefficient (Wildman–Crippen LogP) is 3.80. The average molecular weight is 508 g/mol. The first-order chi connectivity index (χ1) is 16.7. The predicted molar refractivity (Wildman–Crippen MR) is 127 cm³/mol. The number of methoxy groups -OCH3 is 1. The van der Waals surface area contributed by atoms with Gasteiger partial charge < -0.3 is 28.9 Å². The van der Waals surface area contributed by atoms with E-state index in [-0.39, 0.29) is 34.8 Å². The standard InChI is InChI=1S/C24H27ClFN3O6/c1-12(25)35-24(33)28-7-3-4-13-9-27(11-18(13)28)20-17(26)8-15-19(22(20)34-2)29(14-5-6-14)10-16(21(15)30)23(31)32/h8,10,12-14,18H,3-7,9,11H2,1-2H3,(H,31,32)/t12?,13-,18+/m0/s1. The number of benzene rings is 1. The Bertz CT molecular complexity index is 1260. The highest BCUT2D eigenvalue weighted by atomic mass is 35.5. The lowest BCUT2D eigenvalue weighted by Gasteiger charge is -2.36. The highest BCUT2D eigenvalue weighted by Crippen LogP contribution is 2.45. The third-order valence-electron chi connectivity index (χ3n) is 7.17. The fourth-order valence-corrected chi connectivity index (χ4v) is 5.60. The van der Waals surface area contributed by atoms with E-state index in [0.29, 0.717) is 25.2 Å². The maximum atomic E-state index is 15.6. The van der Waals surface area contributed by atoms with Crippen molar-refractivity contribution < 1.29 is 28.6 Å². The minimum absolute atomic E-state index is 0.0205. The van der Waals surface area contributed by atoms with Crippen molar-refractivity contribution in [1.82, 2.24) is 9.47 Å². The maximum absolute atomic E-state index is 15.6. The van der Waals surface area contributed by atoms with E-state index in [2.05, 4.69) is 0 Å². The Kier molecular flexibility index (Phi) is 6.03. The second-order valence-electron chi connectivity index (χ2n) is 9.45. The monoisotopic (exact) mass is 507 g/mol. The number of piperidine rings is 1. The van der Waals surface area contributed by atoms with Crippen molar-refractivity contribution in [3.63, 3.8) is 0 Å². The molecule has 2 saturated heterocycles. The third kappa shape index (κ3) is 4.07. The molecule has 1 amide bonds. The zero-order chi connectivity index (χ0) is 25.0. The van der Waals surface area contributed by atoms with Crippen LogP contribution in [0.25, 0.3) is 10.9 Å². The van der Waals surface area contributed by atoms with Crippen LogP contribution in [0.4, 0.5) is 14.9 Å². The summed E-state index contributed by atoms with van der Waals surface area (Å²) >= 11 is 5.85. The van der Waals surface area contributed by atoms with Crippen molar-refractivity contribution >= 4 is 40.3 Å². The van der Waals surface area contributed by atoms with E-state index in [0.717, 1.165) is 31.7 Å². The van der Waals surface area contributed by atoms with E-state index < -0.39 is 34.4 Å². The number of pyridine rings is 1. The fraction of sp³-hybridized carbons (Fsp3) is 0.542. The lowest BCUT2D eigenvalue weighted by molar-refractivity contribution is 0.0612. The van der Waals surface area contributed by atoms with Gasteiger partial charge in [-0.2, -0.15) is 0 Å². The molecule has 2 aromatic rings. The van der Waals surface area contributed by atoms with Gasteiger partial charge >= 0.3 is 12.1 Å². The largest absolute Gasteiger partial charge is 0.492 e. The summed E-state index contributed by atoms with van der Waals surface area (Å²) in [5.74, 6) is -1.71. The van der Waals surface area contributed by atoms with Crippen molar-refractivity contribution in [2.45, 2.75) is 50.3 Å². The molecule has 3 fully saturated rings. The molecule has 0 bridgehead atoms. The Hall–Kier alpha value is -3.01. The van der Waals surface area contributed by atoms with Gasteiger partial charge in [-0.05, 0) is 44.6 Å². The summed E-state index contributed by atoms with van der Waals surface area (Å²) in [5, 5.41) is 9.50. The summed E-state index contributed by atoms with van der Waals surface area (Å²) in [6, 6.07) is 0.961. The van der Waals surface area contributed by atoms with E-state index in [1.54, 1.807) is 16.4 Å². The number of aromatic carboxylic acids is 1. The molecule has 3 atom stereocenters. The zero-order valence-electron chi connectivity index (χ0n) is 19.5. The molecule has 0 spiro atoms. The number of carbonyl (C=O) groups excluding carboxylic acids is 1. The Labute approximate surface area is 205 Å². The van der Waals surface area contributed by atoms with Gasteiger partial charge in [0.25, 0.3) is 0 Å². The summed E-state index contributed by atoms with van der Waals surface area (Å²) in [4.78, 5) is 40.7. The number of likely N-dealkylation sites (tertiary alicyclic amines) is 1. The fourth-order valence-electron chi connectivity index (χ4n) is 5.52. The molecular formula is C24H27ClFN3O6. The second-order valence-corrected chi connectivity index (χ2v) is 10.1. The third-order valence-corrected chi connectivity index (χ3v) is 7.26. The molecule has 1 aliphatic carbocycles. The lowest BCUT2D eigenvalue weighted by Crippen LogP contribution is -2.49. The van der Waals surface area contributed by atoms with Crippen LogP contribution < -0.4 is 15.1 Å². The van der Waals surface area contributed by atoms with Crippen molar-refractivity contribution in [3.05, 3.63) is 33.9 Å². The summed E-state index contributed by atoms with van der Waals surface area (Å²) in [6.45, 7) is 2.99. The number of carboxylic acid groups (broad SMARTS) is 1. The smallest absolute Gasteiger partial charge is 0.411 e. The minimum Gasteiger partial charge on any atom is -0.492 e. The first-order valence-corrected chi connectivity index (χ1v) is 12.2. The SMILES string of the molecule is COc1c(N2C[C@@H]3CCCN(C(=O)OC(C)Cl)[C@@H]3C2)c(F)cc2c(=O)c(C(=O)O)cn(C3CC3)c12. The van der Waals surface area contributed by atoms with E-state index in [1.165, 1.54) is 13.3 Å². The van der Waals surface area contributed by atoms with Crippen LogP contribution in [0.1, 0.15) is 49.0 Å². The van der Waals surface area contributed by atoms with E-state index >= 15 is 4.39 Å². The zero-order valence-corrected chi connectivity index (χ0v) is 20.3. The molecule has 1 N–H and O–H groups in total. The summed E-state index contributed by atoms with van der Waals surface area (Å²) in [7, 11) is 1.42. The molecule has 3 heterocycles. The highest BCUT2D eigenvalue weighted by Gasteiger charge is 2.43. The summed E-state index contributed by atoms with van der Waals surface area (Å²) < 4.78 is 28.3. The van der Waals surface area contributed by atoms with Gasteiger partial charge in [0.2, 0.25) is 5.43 Å². The quantitative estimate of drug-likeness (QED) is 0.614. The van der Waals surface area contributed by atoms with Crippen molar-refractivity contribution in [3.8, 4) is 5.75 Å². The number of carbonyl (C=O) groups is 2. The van der Waals surface area contributed by atoms with Gasteiger partial charge in [-0.1, -0.05) is 11.6 Å². The van der Waals surface area contributed by atoms with Crippen LogP contribution in [0.15, 0.2) is 17.1 Å². The van der Waals surface area contributed by atoms with Crippen LogP contribution in [-0.2, 0) is 4.74 Å². The molecule has 188 valence electrons. The van der Waals surface area contributed by atoms with Crippen LogP contribution in [0.3, 0.4) is 0 Å². The molecule has 5 rings (SSSR count). The highest BCUT2D eigenvalue weighted by molar-refractivity contribution is 6.19. The van der Waals surface area contributed by atoms with Gasteiger partial charge in [-0.15, -0.1) is 0 Å². The Balaban J connectivity index is 1.60. The first kappa shape index (κ1) is 23.7. The number of hydrogen-bond acceptors (Lipinski definition) is 6. The summed E-state index contributed by atoms with van der Waals surface area (Å²) in [5.41, 5.74) is -1.29.